The van der Waals surface area contributed by atoms with Crippen molar-refractivity contribution < 1.29 is 19.4 Å². The largest absolute Gasteiger partial charge is 0.497 e. The van der Waals surface area contributed by atoms with Crippen LogP contribution in [0.15, 0.2) is 71.3 Å². The van der Waals surface area contributed by atoms with Gasteiger partial charge in [0, 0.05) is 23.0 Å². The number of Topliss-reactive ketones (excluding diaryl/α,β-unsaturated/α-hetero) is 1. The van der Waals surface area contributed by atoms with Crippen LogP contribution in [0.2, 0.25) is 0 Å². The van der Waals surface area contributed by atoms with Gasteiger partial charge in [0.25, 0.3) is 0 Å². The predicted molar refractivity (Wildman–Crippen MR) is 162 cm³/mol. The Kier molecular flexibility index (Phi) is 7.04. The van der Waals surface area contributed by atoms with E-state index in [1.807, 2.05) is 36.4 Å². The zero-order valence-corrected chi connectivity index (χ0v) is 25.0. The number of aliphatic hydroxyl groups is 1. The number of methoxy groups -OCH3 is 1. The molecule has 2 aromatic rings. The number of carbonyl (C=O) groups is 1. The van der Waals surface area contributed by atoms with Gasteiger partial charge in [-0.3, -0.25) is 4.79 Å². The van der Waals surface area contributed by atoms with Crippen molar-refractivity contribution >= 4 is 5.78 Å². The van der Waals surface area contributed by atoms with Crippen molar-refractivity contribution in [3.8, 4) is 17.6 Å². The van der Waals surface area contributed by atoms with Crippen LogP contribution in [0.3, 0.4) is 0 Å². The quantitative estimate of drug-likeness (QED) is 0.400. The second-order valence-corrected chi connectivity index (χ2v) is 13.7. The molecule has 2 aromatic carbocycles. The monoisotopic (exact) mass is 550 g/mol. The molecule has 5 unspecified atom stereocenters. The second-order valence-electron chi connectivity index (χ2n) is 13.7. The molecule has 0 saturated carbocycles. The van der Waals surface area contributed by atoms with Crippen molar-refractivity contribution in [1.29, 1.82) is 0 Å². The number of hydrogen-bond acceptors (Lipinski definition) is 4. The third kappa shape index (κ3) is 4.98. The number of benzene rings is 2. The van der Waals surface area contributed by atoms with Gasteiger partial charge >= 0.3 is 0 Å². The van der Waals surface area contributed by atoms with Crippen LogP contribution < -0.4 is 4.74 Å². The summed E-state index contributed by atoms with van der Waals surface area (Å²) in [6, 6.07) is 16.3. The molecule has 6 rings (SSSR count). The molecule has 0 aromatic heterocycles. The van der Waals surface area contributed by atoms with Crippen molar-refractivity contribution in [2.24, 2.45) is 17.3 Å². The molecular weight excluding hydrogens is 508 g/mol. The molecule has 41 heavy (non-hydrogen) atoms. The number of rotatable bonds is 2. The Hall–Kier alpha value is -3.13. The first kappa shape index (κ1) is 28.0. The molecule has 4 heteroatoms. The lowest BCUT2D eigenvalue weighted by atomic mass is 9.56. The van der Waals surface area contributed by atoms with Gasteiger partial charge in [0.05, 0.1) is 19.8 Å². The second kappa shape index (κ2) is 10.3. The van der Waals surface area contributed by atoms with Crippen molar-refractivity contribution in [3.05, 3.63) is 88.0 Å². The summed E-state index contributed by atoms with van der Waals surface area (Å²) >= 11 is 0. The van der Waals surface area contributed by atoms with E-state index >= 15 is 0 Å². The summed E-state index contributed by atoms with van der Waals surface area (Å²) in [6.07, 6.45) is 6.74. The Morgan fingerprint density at radius 2 is 1.78 bits per heavy atom. The topological polar surface area (TPSA) is 55.8 Å². The lowest BCUT2D eigenvalue weighted by molar-refractivity contribution is -0.128. The molecule has 1 heterocycles. The summed E-state index contributed by atoms with van der Waals surface area (Å²) < 4.78 is 11.9. The fourth-order valence-electron chi connectivity index (χ4n) is 7.58. The summed E-state index contributed by atoms with van der Waals surface area (Å²) in [5.41, 5.74) is 4.13. The minimum atomic E-state index is -1.39. The minimum absolute atomic E-state index is 0.0625. The third-order valence-corrected chi connectivity index (χ3v) is 10.0. The molecule has 4 nitrogen and oxygen atoms in total. The van der Waals surface area contributed by atoms with Gasteiger partial charge in [-0.25, -0.2) is 0 Å². The number of ketones is 1. The first-order valence-electron chi connectivity index (χ1n) is 15.1. The van der Waals surface area contributed by atoms with E-state index in [1.165, 1.54) is 5.56 Å². The number of allylic oxidation sites excluding steroid dienone is 3. The van der Waals surface area contributed by atoms with Gasteiger partial charge in [-0.05, 0) is 95.9 Å². The lowest BCUT2D eigenvalue weighted by Gasteiger charge is -2.51. The average Bonchev–Trinajstić information content (AvgIpc) is 3.38. The normalized spacial score (nSPS) is 31.2. The zero-order chi connectivity index (χ0) is 29.0. The highest BCUT2D eigenvalue weighted by Crippen LogP contribution is 2.59. The van der Waals surface area contributed by atoms with Crippen molar-refractivity contribution in [2.75, 3.05) is 13.7 Å². The molecule has 4 aliphatic rings. The van der Waals surface area contributed by atoms with E-state index in [1.54, 1.807) is 7.11 Å². The molecule has 1 aliphatic heterocycles. The molecular formula is C37H42O4. The average molecular weight is 551 g/mol. The third-order valence-electron chi connectivity index (χ3n) is 10.0. The number of fused-ring (bicyclic) bond motifs is 4. The van der Waals surface area contributed by atoms with Gasteiger partial charge in [0.15, 0.2) is 5.78 Å². The SMILES string of the molecule is COc1ccc(C2CC3CC(=O)C4=C(C(O)(C#Cc5ccc(C(C)(C)C)cc5)CCC5CCC=C45)C3(C)CO2)cc1. The molecule has 0 bridgehead atoms. The van der Waals surface area contributed by atoms with Crippen LogP contribution in [-0.2, 0) is 14.9 Å². The van der Waals surface area contributed by atoms with E-state index in [-0.39, 0.29) is 23.2 Å². The van der Waals surface area contributed by atoms with E-state index in [9.17, 15) is 9.90 Å². The van der Waals surface area contributed by atoms with Crippen LogP contribution in [0.1, 0.15) is 89.0 Å². The molecule has 1 N–H and O–H groups in total. The smallest absolute Gasteiger partial charge is 0.163 e. The lowest BCUT2D eigenvalue weighted by Crippen LogP contribution is -2.51. The van der Waals surface area contributed by atoms with E-state index < -0.39 is 11.0 Å². The number of ether oxygens (including phenoxy) is 2. The van der Waals surface area contributed by atoms with E-state index in [4.69, 9.17) is 9.47 Å². The highest BCUT2D eigenvalue weighted by molar-refractivity contribution is 6.02. The van der Waals surface area contributed by atoms with E-state index in [0.29, 0.717) is 25.4 Å². The van der Waals surface area contributed by atoms with E-state index in [2.05, 4.69) is 57.7 Å². The van der Waals surface area contributed by atoms with E-state index in [0.717, 1.165) is 59.3 Å². The van der Waals surface area contributed by atoms with Gasteiger partial charge in [0.2, 0.25) is 0 Å². The predicted octanol–water partition coefficient (Wildman–Crippen LogP) is 7.26. The van der Waals surface area contributed by atoms with Crippen molar-refractivity contribution in [1.82, 2.24) is 0 Å². The van der Waals surface area contributed by atoms with Gasteiger partial charge in [0.1, 0.15) is 11.4 Å². The summed E-state index contributed by atoms with van der Waals surface area (Å²) in [6.45, 7) is 9.24. The van der Waals surface area contributed by atoms with Crippen molar-refractivity contribution in [2.45, 2.75) is 83.3 Å². The standard InChI is InChI=1S/C37H42O4/c1-35(2,3)27-13-9-24(10-14-27)17-19-37(39)20-18-25-7-6-8-30(25)33-31(38)21-28-22-32(41-23-36(28,4)34(33)37)26-11-15-29(40-5)16-12-26/h8-16,25,28,32,39H,6-7,18,20-23H2,1-5H3. The van der Waals surface area contributed by atoms with Crippen LogP contribution in [0.25, 0.3) is 0 Å². The molecule has 0 spiro atoms. The highest BCUT2D eigenvalue weighted by atomic mass is 16.5. The molecule has 5 atom stereocenters. The van der Waals surface area contributed by atoms with Crippen LogP contribution >= 0.6 is 0 Å². The maximum atomic E-state index is 14.0. The molecule has 214 valence electrons. The highest BCUT2D eigenvalue weighted by Gasteiger charge is 2.56. The van der Waals surface area contributed by atoms with Crippen LogP contribution in [-0.4, -0.2) is 30.2 Å². The Morgan fingerprint density at radius 3 is 2.46 bits per heavy atom. The first-order valence-corrected chi connectivity index (χ1v) is 15.1. The van der Waals surface area contributed by atoms with Crippen LogP contribution in [0, 0.1) is 29.1 Å². The maximum Gasteiger partial charge on any atom is 0.163 e. The molecule has 1 fully saturated rings. The molecule has 0 amide bonds. The van der Waals surface area contributed by atoms with Gasteiger partial charge in [-0.1, -0.05) is 69.9 Å². The number of carbonyl (C=O) groups excluding carboxylic acids is 1. The fraction of sp³-hybridized carbons (Fsp3) is 0.486. The molecule has 3 aliphatic carbocycles. The van der Waals surface area contributed by atoms with Crippen molar-refractivity contribution in [3.63, 3.8) is 0 Å². The van der Waals surface area contributed by atoms with Gasteiger partial charge < -0.3 is 14.6 Å². The Balaban J connectivity index is 1.40. The fourth-order valence-corrected chi connectivity index (χ4v) is 7.58. The summed E-state index contributed by atoms with van der Waals surface area (Å²) in [5, 5.41) is 12.5. The molecule has 1 saturated heterocycles. The summed E-state index contributed by atoms with van der Waals surface area (Å²) in [4.78, 5) is 14.0. The first-order chi connectivity index (χ1) is 19.5. The Morgan fingerprint density at radius 1 is 1.05 bits per heavy atom. The zero-order valence-electron chi connectivity index (χ0n) is 25.0. The molecule has 0 radical (unpaired) electrons. The minimum Gasteiger partial charge on any atom is -0.497 e. The Bertz CT molecular complexity index is 1460. The van der Waals surface area contributed by atoms with Crippen LogP contribution in [0.4, 0.5) is 0 Å². The Labute approximate surface area is 244 Å². The number of hydrogen-bond donors (Lipinski definition) is 1. The summed E-state index contributed by atoms with van der Waals surface area (Å²) in [5.74, 6) is 7.99. The van der Waals surface area contributed by atoms with Crippen LogP contribution in [0.5, 0.6) is 5.75 Å². The van der Waals surface area contributed by atoms with Gasteiger partial charge in [-0.2, -0.15) is 0 Å². The summed E-state index contributed by atoms with van der Waals surface area (Å²) in [7, 11) is 1.67. The maximum absolute atomic E-state index is 14.0. The van der Waals surface area contributed by atoms with Gasteiger partial charge in [-0.15, -0.1) is 0 Å².